The molecule has 4 heteroatoms. The van der Waals surface area contributed by atoms with E-state index < -0.39 is 0 Å². The molecule has 0 bridgehead atoms. The molecule has 3 rings (SSSR count). The van der Waals surface area contributed by atoms with Crippen molar-refractivity contribution in [3.05, 3.63) is 63.6 Å². The van der Waals surface area contributed by atoms with E-state index in [0.717, 1.165) is 16.2 Å². The summed E-state index contributed by atoms with van der Waals surface area (Å²) in [7, 11) is 1.68. The van der Waals surface area contributed by atoms with Crippen molar-refractivity contribution in [1.82, 2.24) is 0 Å². The quantitative estimate of drug-likeness (QED) is 0.761. The van der Waals surface area contributed by atoms with Crippen molar-refractivity contribution in [1.29, 1.82) is 0 Å². The van der Waals surface area contributed by atoms with Crippen LogP contribution in [-0.2, 0) is 4.74 Å². The Morgan fingerprint density at radius 2 is 1.78 bits per heavy atom. The van der Waals surface area contributed by atoms with Crippen molar-refractivity contribution in [2.45, 2.75) is 13.8 Å². The Labute approximate surface area is 143 Å². The normalized spacial score (nSPS) is 17.5. The molecule has 3 nitrogen and oxygen atoms in total. The van der Waals surface area contributed by atoms with Gasteiger partial charge in [0.05, 0.1) is 0 Å². The molecule has 0 amide bonds. The molecule has 0 N–H and O–H groups in total. The summed E-state index contributed by atoms with van der Waals surface area (Å²) in [6.45, 7) is 4.81. The van der Waals surface area contributed by atoms with Crippen LogP contribution in [0.15, 0.2) is 51.9 Å². The van der Waals surface area contributed by atoms with Crippen molar-refractivity contribution < 1.29 is 9.47 Å². The minimum atomic E-state index is 0.147. The van der Waals surface area contributed by atoms with E-state index in [4.69, 9.17) is 14.5 Å². The predicted molar refractivity (Wildman–Crippen MR) is 95.7 cm³/mol. The number of methoxy groups -OCH3 is 1. The van der Waals surface area contributed by atoms with Crippen LogP contribution in [0.1, 0.15) is 16.7 Å². The van der Waals surface area contributed by atoms with Crippen LogP contribution in [0.2, 0.25) is 0 Å². The molecule has 0 atom stereocenters. The summed E-state index contributed by atoms with van der Waals surface area (Å²) in [6, 6.07) is 14.3. The number of hydrogen-bond donors (Lipinski definition) is 0. The van der Waals surface area contributed by atoms with Gasteiger partial charge in [0.25, 0.3) is 0 Å². The van der Waals surface area contributed by atoms with Crippen LogP contribution in [0, 0.1) is 13.8 Å². The Bertz CT molecular complexity index is 743. The van der Waals surface area contributed by atoms with Gasteiger partial charge in [0.15, 0.2) is 0 Å². The minimum absolute atomic E-state index is 0.147. The summed E-state index contributed by atoms with van der Waals surface area (Å²) >= 11 is 0.147. The fourth-order valence-corrected chi connectivity index (χ4v) is 4.05. The maximum atomic E-state index is 5.78. The van der Waals surface area contributed by atoms with Crippen LogP contribution < -0.4 is 4.74 Å². The average Bonchev–Trinajstić information content (AvgIpc) is 2.99. The van der Waals surface area contributed by atoms with E-state index in [1.807, 2.05) is 12.1 Å². The number of para-hydroxylation sites is 1. The Hall–Kier alpha value is -2.03. The molecule has 23 heavy (non-hydrogen) atoms. The number of benzene rings is 2. The van der Waals surface area contributed by atoms with Gasteiger partial charge in [-0.3, -0.25) is 0 Å². The molecule has 1 aliphatic heterocycles. The van der Waals surface area contributed by atoms with Gasteiger partial charge in [0.2, 0.25) is 0 Å². The first-order valence-electron chi connectivity index (χ1n) is 7.46. The molecule has 1 heterocycles. The number of hydrogen-bond acceptors (Lipinski definition) is 3. The zero-order valence-corrected chi connectivity index (χ0v) is 15.2. The molecule has 1 saturated heterocycles. The van der Waals surface area contributed by atoms with Gasteiger partial charge in [-0.05, 0) is 0 Å². The first kappa shape index (κ1) is 15.8. The maximum absolute atomic E-state index is 5.78. The topological polar surface area (TPSA) is 30.8 Å². The number of nitrogens with zero attached hydrogens (tertiary/aromatic N) is 1. The summed E-state index contributed by atoms with van der Waals surface area (Å²) in [5.41, 5.74) is 4.57. The molecule has 118 valence electrons. The van der Waals surface area contributed by atoms with Gasteiger partial charge in [-0.25, -0.2) is 0 Å². The van der Waals surface area contributed by atoms with Gasteiger partial charge < -0.3 is 0 Å². The molecule has 2 aromatic carbocycles. The van der Waals surface area contributed by atoms with Gasteiger partial charge in [-0.15, -0.1) is 0 Å². The monoisotopic (exact) mass is 373 g/mol. The molecule has 0 saturated carbocycles. The molecular formula is C19H19NO2Se. The number of rotatable bonds is 3. The van der Waals surface area contributed by atoms with Gasteiger partial charge in [-0.1, -0.05) is 0 Å². The van der Waals surface area contributed by atoms with E-state index in [0.29, 0.717) is 6.61 Å². The van der Waals surface area contributed by atoms with E-state index in [1.165, 1.54) is 21.2 Å². The van der Waals surface area contributed by atoms with Crippen LogP contribution in [0.5, 0.6) is 5.75 Å². The van der Waals surface area contributed by atoms with E-state index in [2.05, 4.69) is 50.3 Å². The van der Waals surface area contributed by atoms with Crippen molar-refractivity contribution >= 4 is 31.5 Å². The first-order chi connectivity index (χ1) is 11.2. The van der Waals surface area contributed by atoms with E-state index in [-0.39, 0.29) is 15.0 Å². The zero-order chi connectivity index (χ0) is 16.2. The molecule has 0 aromatic heterocycles. The van der Waals surface area contributed by atoms with Crippen LogP contribution >= 0.6 is 0 Å². The third-order valence-electron chi connectivity index (χ3n) is 3.64. The zero-order valence-electron chi connectivity index (χ0n) is 13.5. The predicted octanol–water partition coefficient (Wildman–Crippen LogP) is 4.08. The third-order valence-corrected chi connectivity index (χ3v) is 5.49. The van der Waals surface area contributed by atoms with E-state index in [9.17, 15) is 0 Å². The van der Waals surface area contributed by atoms with Crippen molar-refractivity contribution in [3.8, 4) is 5.75 Å². The number of ether oxygens (including phenoxy) is 2. The van der Waals surface area contributed by atoms with Crippen molar-refractivity contribution in [3.63, 3.8) is 0 Å². The number of aliphatic imine (C=N–C) groups is 1. The van der Waals surface area contributed by atoms with Crippen LogP contribution in [-0.4, -0.2) is 33.5 Å². The Kier molecular flexibility index (Phi) is 4.85. The average molecular weight is 372 g/mol. The van der Waals surface area contributed by atoms with E-state index >= 15 is 0 Å². The van der Waals surface area contributed by atoms with Gasteiger partial charge >= 0.3 is 143 Å². The summed E-state index contributed by atoms with van der Waals surface area (Å²) < 4.78 is 12.3. The Balaban J connectivity index is 1.77. The van der Waals surface area contributed by atoms with Gasteiger partial charge in [0, 0.05) is 0 Å². The summed E-state index contributed by atoms with van der Waals surface area (Å²) in [6.07, 6.45) is 2.19. The Morgan fingerprint density at radius 1 is 1.09 bits per heavy atom. The summed E-state index contributed by atoms with van der Waals surface area (Å²) in [5, 5.41) is 0. The Morgan fingerprint density at radius 3 is 2.43 bits per heavy atom. The molecule has 0 aliphatic carbocycles. The van der Waals surface area contributed by atoms with Crippen LogP contribution in [0.4, 0.5) is 5.69 Å². The third kappa shape index (κ3) is 3.84. The standard InChI is InChI=1S/C19H19NO2Se/c1-13-5-4-6-14(2)18(13)20-19-22-12-17(23-19)11-15-7-9-16(21-3)10-8-15/h4-11H,12H2,1-3H3/b17-11-,20-19?. The fourth-order valence-electron chi connectivity index (χ4n) is 2.39. The molecule has 1 aliphatic rings. The summed E-state index contributed by atoms with van der Waals surface area (Å²) in [5.74, 6) is 0.873. The molecule has 2 aromatic rings. The molecule has 1 fully saturated rings. The molecule has 0 radical (unpaired) electrons. The van der Waals surface area contributed by atoms with Crippen molar-refractivity contribution in [2.75, 3.05) is 13.7 Å². The van der Waals surface area contributed by atoms with Gasteiger partial charge in [-0.2, -0.15) is 0 Å². The van der Waals surface area contributed by atoms with E-state index in [1.54, 1.807) is 7.11 Å². The first-order valence-corrected chi connectivity index (χ1v) is 9.17. The molecule has 0 unspecified atom stereocenters. The SMILES string of the molecule is COc1ccc(/C=C2/COC(=Nc3c(C)cccc3C)[Se]2)cc1. The van der Waals surface area contributed by atoms with Gasteiger partial charge in [0.1, 0.15) is 0 Å². The fraction of sp³-hybridized carbons (Fsp3) is 0.211. The second-order valence-corrected chi connectivity index (χ2v) is 7.65. The van der Waals surface area contributed by atoms with Crippen LogP contribution in [0.3, 0.4) is 0 Å². The second kappa shape index (κ2) is 7.03. The van der Waals surface area contributed by atoms with Crippen LogP contribution in [0.25, 0.3) is 6.08 Å². The second-order valence-electron chi connectivity index (χ2n) is 5.39. The van der Waals surface area contributed by atoms with Crippen molar-refractivity contribution in [2.24, 2.45) is 4.99 Å². The molecule has 0 spiro atoms. The molecular weight excluding hydrogens is 353 g/mol. The number of aryl methyl sites for hydroxylation is 2. The summed E-state index contributed by atoms with van der Waals surface area (Å²) in [4.78, 5) is 5.59.